The lowest BCUT2D eigenvalue weighted by molar-refractivity contribution is 0.492. The summed E-state index contributed by atoms with van der Waals surface area (Å²) < 4.78 is 11.5. The van der Waals surface area contributed by atoms with Crippen molar-refractivity contribution in [1.29, 1.82) is 0 Å². The van der Waals surface area contributed by atoms with Crippen molar-refractivity contribution in [2.75, 3.05) is 6.67 Å². The summed E-state index contributed by atoms with van der Waals surface area (Å²) in [4.78, 5) is 2.90. The Bertz CT molecular complexity index is 134. The zero-order chi connectivity index (χ0) is 5.82. The molecule has 1 nitrogen and oxygen atoms in total. The Hall–Kier alpha value is -0.790. The largest absolute Gasteiger partial charge is 0.365 e. The fraction of sp³-hybridized carbons (Fsp3) is 0.333. The standard InChI is InChI=1S/C6H8FN/c7-4-3-6-2-1-5-8-6/h1-2,5,8H,3-4H2. The highest BCUT2D eigenvalue weighted by Crippen LogP contribution is 1.94. The molecule has 0 spiro atoms. The van der Waals surface area contributed by atoms with E-state index >= 15 is 0 Å². The van der Waals surface area contributed by atoms with Crippen LogP contribution in [-0.2, 0) is 6.42 Å². The molecule has 1 aromatic rings. The molecular weight excluding hydrogens is 105 g/mol. The van der Waals surface area contributed by atoms with Gasteiger partial charge in [-0.1, -0.05) is 0 Å². The molecule has 0 aliphatic heterocycles. The van der Waals surface area contributed by atoms with E-state index < -0.39 is 0 Å². The number of aromatic nitrogens is 1. The minimum absolute atomic E-state index is 0.277. The van der Waals surface area contributed by atoms with Crippen LogP contribution in [0.1, 0.15) is 5.69 Å². The van der Waals surface area contributed by atoms with Gasteiger partial charge in [-0.15, -0.1) is 0 Å². The summed E-state index contributed by atoms with van der Waals surface area (Å²) in [6.45, 7) is -0.277. The van der Waals surface area contributed by atoms with Gasteiger partial charge in [0.2, 0.25) is 0 Å². The van der Waals surface area contributed by atoms with Crippen molar-refractivity contribution >= 4 is 0 Å². The summed E-state index contributed by atoms with van der Waals surface area (Å²) in [5, 5.41) is 0. The molecular formula is C6H8FN. The minimum Gasteiger partial charge on any atom is -0.365 e. The van der Waals surface area contributed by atoms with Gasteiger partial charge in [-0.25, -0.2) is 0 Å². The highest BCUT2D eigenvalue weighted by molar-refractivity contribution is 5.03. The van der Waals surface area contributed by atoms with Gasteiger partial charge in [0.15, 0.2) is 0 Å². The van der Waals surface area contributed by atoms with Crippen molar-refractivity contribution in [2.24, 2.45) is 0 Å². The first-order valence-corrected chi connectivity index (χ1v) is 2.61. The van der Waals surface area contributed by atoms with Crippen molar-refractivity contribution in [3.63, 3.8) is 0 Å². The van der Waals surface area contributed by atoms with Crippen LogP contribution in [0, 0.1) is 0 Å². The van der Waals surface area contributed by atoms with Crippen LogP contribution in [0.4, 0.5) is 4.39 Å². The van der Waals surface area contributed by atoms with E-state index in [1.165, 1.54) is 0 Å². The Morgan fingerprint density at radius 2 is 2.50 bits per heavy atom. The van der Waals surface area contributed by atoms with Gasteiger partial charge in [-0.3, -0.25) is 4.39 Å². The van der Waals surface area contributed by atoms with Crippen molar-refractivity contribution < 1.29 is 4.39 Å². The number of hydrogen-bond donors (Lipinski definition) is 1. The molecule has 2 heteroatoms. The first kappa shape index (κ1) is 5.35. The summed E-state index contributed by atoms with van der Waals surface area (Å²) in [5.74, 6) is 0. The van der Waals surface area contributed by atoms with Gasteiger partial charge in [0.1, 0.15) is 0 Å². The lowest BCUT2D eigenvalue weighted by Gasteiger charge is -1.85. The van der Waals surface area contributed by atoms with E-state index in [0.717, 1.165) is 5.69 Å². The molecule has 1 rings (SSSR count). The summed E-state index contributed by atoms with van der Waals surface area (Å²) in [6, 6.07) is 3.74. The third kappa shape index (κ3) is 1.09. The third-order valence-electron chi connectivity index (χ3n) is 1.03. The van der Waals surface area contributed by atoms with E-state index in [9.17, 15) is 4.39 Å². The van der Waals surface area contributed by atoms with Crippen molar-refractivity contribution in [1.82, 2.24) is 4.98 Å². The van der Waals surface area contributed by atoms with Crippen LogP contribution in [-0.4, -0.2) is 11.7 Å². The predicted molar refractivity (Wildman–Crippen MR) is 30.5 cm³/mol. The Morgan fingerprint density at radius 3 is 3.00 bits per heavy atom. The number of nitrogens with one attached hydrogen (secondary N) is 1. The monoisotopic (exact) mass is 113 g/mol. The molecule has 1 N–H and O–H groups in total. The molecule has 1 aromatic heterocycles. The number of alkyl halides is 1. The fourth-order valence-electron chi connectivity index (χ4n) is 0.625. The molecule has 44 valence electrons. The Labute approximate surface area is 47.5 Å². The lowest BCUT2D eigenvalue weighted by Crippen LogP contribution is -1.83. The molecule has 0 bridgehead atoms. The normalized spacial score (nSPS) is 9.62. The van der Waals surface area contributed by atoms with Gasteiger partial charge in [-0.05, 0) is 12.1 Å². The van der Waals surface area contributed by atoms with E-state index in [0.29, 0.717) is 6.42 Å². The maximum Gasteiger partial charge on any atom is 0.0949 e. The summed E-state index contributed by atoms with van der Waals surface area (Å²) in [7, 11) is 0. The average molecular weight is 113 g/mol. The molecule has 0 unspecified atom stereocenters. The van der Waals surface area contributed by atoms with Crippen molar-refractivity contribution in [3.8, 4) is 0 Å². The second-order valence-corrected chi connectivity index (χ2v) is 1.63. The van der Waals surface area contributed by atoms with Crippen LogP contribution in [0.3, 0.4) is 0 Å². The molecule has 0 aliphatic rings. The first-order chi connectivity index (χ1) is 3.93. The van der Waals surface area contributed by atoms with Crippen LogP contribution in [0.2, 0.25) is 0 Å². The topological polar surface area (TPSA) is 15.8 Å². The molecule has 0 fully saturated rings. The van der Waals surface area contributed by atoms with E-state index in [-0.39, 0.29) is 6.67 Å². The number of H-pyrrole nitrogens is 1. The van der Waals surface area contributed by atoms with Crippen molar-refractivity contribution in [3.05, 3.63) is 24.0 Å². The van der Waals surface area contributed by atoms with Crippen LogP contribution < -0.4 is 0 Å². The zero-order valence-electron chi connectivity index (χ0n) is 4.52. The molecule has 0 atom stereocenters. The third-order valence-corrected chi connectivity index (χ3v) is 1.03. The lowest BCUT2D eigenvalue weighted by atomic mass is 10.3. The molecule has 0 amide bonds. The SMILES string of the molecule is FCCc1ccc[nH]1. The number of aryl methyl sites for hydroxylation is 1. The second kappa shape index (κ2) is 2.50. The Balaban J connectivity index is 2.50. The van der Waals surface area contributed by atoms with E-state index in [4.69, 9.17) is 0 Å². The molecule has 1 heterocycles. The second-order valence-electron chi connectivity index (χ2n) is 1.63. The van der Waals surface area contributed by atoms with Gasteiger partial charge >= 0.3 is 0 Å². The van der Waals surface area contributed by atoms with E-state index in [1.807, 2.05) is 12.1 Å². The molecule has 0 radical (unpaired) electrons. The molecule has 0 saturated carbocycles. The van der Waals surface area contributed by atoms with Gasteiger partial charge in [0.05, 0.1) is 6.67 Å². The minimum atomic E-state index is -0.277. The fourth-order valence-corrected chi connectivity index (χ4v) is 0.625. The van der Waals surface area contributed by atoms with Gasteiger partial charge in [0.25, 0.3) is 0 Å². The van der Waals surface area contributed by atoms with Crippen molar-refractivity contribution in [2.45, 2.75) is 6.42 Å². The van der Waals surface area contributed by atoms with Crippen LogP contribution in [0.15, 0.2) is 18.3 Å². The van der Waals surface area contributed by atoms with Gasteiger partial charge in [0, 0.05) is 18.3 Å². The van der Waals surface area contributed by atoms with Crippen LogP contribution in [0.5, 0.6) is 0 Å². The maximum absolute atomic E-state index is 11.5. The van der Waals surface area contributed by atoms with E-state index in [1.54, 1.807) is 6.20 Å². The van der Waals surface area contributed by atoms with Gasteiger partial charge in [-0.2, -0.15) is 0 Å². The quantitative estimate of drug-likeness (QED) is 0.598. The van der Waals surface area contributed by atoms with Gasteiger partial charge < -0.3 is 4.98 Å². The molecule has 0 aromatic carbocycles. The molecule has 0 aliphatic carbocycles. The number of hydrogen-bond acceptors (Lipinski definition) is 0. The van der Waals surface area contributed by atoms with Crippen LogP contribution in [0.25, 0.3) is 0 Å². The highest BCUT2D eigenvalue weighted by atomic mass is 19.1. The highest BCUT2D eigenvalue weighted by Gasteiger charge is 1.87. The molecule has 8 heavy (non-hydrogen) atoms. The summed E-state index contributed by atoms with van der Waals surface area (Å²) in [6.07, 6.45) is 2.30. The summed E-state index contributed by atoms with van der Waals surface area (Å²) >= 11 is 0. The molecule has 0 saturated heterocycles. The number of halogens is 1. The predicted octanol–water partition coefficient (Wildman–Crippen LogP) is 1.53. The first-order valence-electron chi connectivity index (χ1n) is 2.61. The van der Waals surface area contributed by atoms with E-state index in [2.05, 4.69) is 4.98 Å². The summed E-state index contributed by atoms with van der Waals surface area (Å²) in [5.41, 5.74) is 0.965. The number of rotatable bonds is 2. The Kier molecular flexibility index (Phi) is 1.67. The maximum atomic E-state index is 11.5. The van der Waals surface area contributed by atoms with Crippen LogP contribution >= 0.6 is 0 Å². The number of aromatic amines is 1. The average Bonchev–Trinajstić information content (AvgIpc) is 2.19. The Morgan fingerprint density at radius 1 is 1.62 bits per heavy atom. The smallest absolute Gasteiger partial charge is 0.0949 e. The zero-order valence-corrected chi connectivity index (χ0v) is 4.52.